The fraction of sp³-hybridized carbons (Fsp3) is 0.800. The van der Waals surface area contributed by atoms with Gasteiger partial charge in [0.1, 0.15) is 5.01 Å². The van der Waals surface area contributed by atoms with Crippen LogP contribution >= 0.6 is 11.3 Å². The smallest absolute Gasteiger partial charge is 0.109 e. The first-order valence-corrected chi connectivity index (χ1v) is 8.56. The molecule has 1 aromatic rings. The Morgan fingerprint density at radius 3 is 2.95 bits per heavy atom. The van der Waals surface area contributed by atoms with Gasteiger partial charge in [0.25, 0.3) is 0 Å². The van der Waals surface area contributed by atoms with Crippen molar-refractivity contribution in [1.29, 1.82) is 0 Å². The molecule has 3 nitrogen and oxygen atoms in total. The van der Waals surface area contributed by atoms with Crippen molar-refractivity contribution in [3.8, 4) is 0 Å². The molecule has 0 amide bonds. The van der Waals surface area contributed by atoms with Crippen LogP contribution in [0.2, 0.25) is 0 Å². The number of nitrogens with two attached hydrogens (primary N) is 1. The Labute approximate surface area is 120 Å². The third-order valence-corrected chi connectivity index (χ3v) is 5.78. The molecule has 2 heterocycles. The normalized spacial score (nSPS) is 30.0. The Kier molecular flexibility index (Phi) is 4.20. The Balaban J connectivity index is 1.67. The number of hydrogen-bond donors (Lipinski definition) is 1. The topological polar surface area (TPSA) is 42.1 Å². The molecule has 1 saturated carbocycles. The van der Waals surface area contributed by atoms with Crippen molar-refractivity contribution < 1.29 is 0 Å². The molecule has 3 rings (SSSR count). The Morgan fingerprint density at radius 1 is 1.37 bits per heavy atom. The summed E-state index contributed by atoms with van der Waals surface area (Å²) in [6, 6.07) is 0.894. The number of fused-ring (bicyclic) bond motifs is 1. The SMILES string of the molecule is CC(N)c1nc(CN2CCCC3CCCCC32)cs1. The monoisotopic (exact) mass is 279 g/mol. The first kappa shape index (κ1) is 13.5. The van der Waals surface area contributed by atoms with E-state index in [1.54, 1.807) is 11.3 Å². The van der Waals surface area contributed by atoms with E-state index in [0.717, 1.165) is 23.5 Å². The van der Waals surface area contributed by atoms with Gasteiger partial charge in [-0.25, -0.2) is 4.98 Å². The van der Waals surface area contributed by atoms with Crippen LogP contribution in [-0.4, -0.2) is 22.5 Å². The highest BCUT2D eigenvalue weighted by atomic mass is 32.1. The quantitative estimate of drug-likeness (QED) is 0.923. The van der Waals surface area contributed by atoms with Gasteiger partial charge in [0.05, 0.1) is 11.7 Å². The highest BCUT2D eigenvalue weighted by Crippen LogP contribution is 2.36. The van der Waals surface area contributed by atoms with Crippen molar-refractivity contribution in [2.24, 2.45) is 11.7 Å². The standard InChI is InChI=1S/C15H25N3S/c1-11(16)15-17-13(10-19-15)9-18-8-4-6-12-5-2-3-7-14(12)18/h10-12,14H,2-9,16H2,1H3. The minimum Gasteiger partial charge on any atom is -0.322 e. The number of hydrogen-bond acceptors (Lipinski definition) is 4. The summed E-state index contributed by atoms with van der Waals surface area (Å²) in [6.07, 6.45) is 8.52. The molecule has 1 aliphatic carbocycles. The van der Waals surface area contributed by atoms with E-state index in [9.17, 15) is 0 Å². The van der Waals surface area contributed by atoms with Crippen molar-refractivity contribution in [2.45, 2.75) is 64.1 Å². The van der Waals surface area contributed by atoms with E-state index in [1.807, 2.05) is 6.92 Å². The molecule has 3 unspecified atom stereocenters. The summed E-state index contributed by atoms with van der Waals surface area (Å²) in [7, 11) is 0. The maximum absolute atomic E-state index is 5.90. The molecule has 2 N–H and O–H groups in total. The molecule has 0 aromatic carbocycles. The average molecular weight is 279 g/mol. The Morgan fingerprint density at radius 2 is 2.16 bits per heavy atom. The van der Waals surface area contributed by atoms with Gasteiger partial charge in [-0.2, -0.15) is 0 Å². The molecule has 1 aromatic heterocycles. The first-order chi connectivity index (χ1) is 9.24. The maximum atomic E-state index is 5.90. The maximum Gasteiger partial charge on any atom is 0.109 e. The van der Waals surface area contributed by atoms with Crippen LogP contribution in [0.15, 0.2) is 5.38 Å². The van der Waals surface area contributed by atoms with Gasteiger partial charge >= 0.3 is 0 Å². The second-order valence-electron chi connectivity index (χ2n) is 6.19. The van der Waals surface area contributed by atoms with Gasteiger partial charge in [-0.05, 0) is 45.1 Å². The van der Waals surface area contributed by atoms with Gasteiger partial charge in [0.2, 0.25) is 0 Å². The largest absolute Gasteiger partial charge is 0.322 e. The van der Waals surface area contributed by atoms with Gasteiger partial charge in [-0.15, -0.1) is 11.3 Å². The molecular weight excluding hydrogens is 254 g/mol. The van der Waals surface area contributed by atoms with Gasteiger partial charge in [0, 0.05) is 18.0 Å². The molecule has 0 bridgehead atoms. The Bertz CT molecular complexity index is 413. The van der Waals surface area contributed by atoms with E-state index in [0.29, 0.717) is 0 Å². The van der Waals surface area contributed by atoms with E-state index in [-0.39, 0.29) is 6.04 Å². The molecule has 1 saturated heterocycles. The zero-order valence-electron chi connectivity index (χ0n) is 11.8. The third-order valence-electron chi connectivity index (χ3n) is 4.68. The second-order valence-corrected chi connectivity index (χ2v) is 7.08. The summed E-state index contributed by atoms with van der Waals surface area (Å²) in [4.78, 5) is 7.38. The molecule has 0 radical (unpaired) electrons. The molecule has 19 heavy (non-hydrogen) atoms. The first-order valence-electron chi connectivity index (χ1n) is 7.68. The van der Waals surface area contributed by atoms with Crippen LogP contribution in [0.5, 0.6) is 0 Å². The zero-order chi connectivity index (χ0) is 13.2. The summed E-state index contributed by atoms with van der Waals surface area (Å²) in [6.45, 7) is 4.30. The third kappa shape index (κ3) is 3.01. The molecule has 106 valence electrons. The lowest BCUT2D eigenvalue weighted by molar-refractivity contribution is 0.0538. The molecule has 2 fully saturated rings. The van der Waals surface area contributed by atoms with Crippen LogP contribution in [0, 0.1) is 5.92 Å². The highest BCUT2D eigenvalue weighted by Gasteiger charge is 2.33. The van der Waals surface area contributed by atoms with E-state index in [4.69, 9.17) is 10.7 Å². The fourth-order valence-corrected chi connectivity index (χ4v) is 4.51. The molecule has 0 spiro atoms. The molecule has 4 heteroatoms. The predicted molar refractivity (Wildman–Crippen MR) is 80.1 cm³/mol. The van der Waals surface area contributed by atoms with Crippen molar-refractivity contribution in [2.75, 3.05) is 6.54 Å². The van der Waals surface area contributed by atoms with Gasteiger partial charge in [-0.1, -0.05) is 12.8 Å². The molecule has 3 atom stereocenters. The number of rotatable bonds is 3. The summed E-state index contributed by atoms with van der Waals surface area (Å²) in [5.41, 5.74) is 7.13. The van der Waals surface area contributed by atoms with Crippen molar-refractivity contribution >= 4 is 11.3 Å². The summed E-state index contributed by atoms with van der Waals surface area (Å²) >= 11 is 1.71. The highest BCUT2D eigenvalue weighted by molar-refractivity contribution is 7.09. The number of aromatic nitrogens is 1. The minimum absolute atomic E-state index is 0.0718. The molecular formula is C15H25N3S. The lowest BCUT2D eigenvalue weighted by atomic mass is 9.78. The van der Waals surface area contributed by atoms with Crippen LogP contribution in [0.25, 0.3) is 0 Å². The van der Waals surface area contributed by atoms with Crippen LogP contribution in [-0.2, 0) is 6.54 Å². The average Bonchev–Trinajstić information content (AvgIpc) is 2.88. The van der Waals surface area contributed by atoms with Crippen molar-refractivity contribution in [3.05, 3.63) is 16.1 Å². The van der Waals surface area contributed by atoms with Crippen LogP contribution in [0.4, 0.5) is 0 Å². The predicted octanol–water partition coefficient (Wildman–Crippen LogP) is 3.32. The second kappa shape index (κ2) is 5.90. The molecule has 1 aliphatic heterocycles. The summed E-state index contributed by atoms with van der Waals surface area (Å²) in [5, 5.41) is 3.28. The van der Waals surface area contributed by atoms with Crippen molar-refractivity contribution in [3.63, 3.8) is 0 Å². The van der Waals surface area contributed by atoms with Crippen LogP contribution in [0.3, 0.4) is 0 Å². The summed E-state index contributed by atoms with van der Waals surface area (Å²) < 4.78 is 0. The summed E-state index contributed by atoms with van der Waals surface area (Å²) in [5.74, 6) is 0.953. The number of nitrogens with zero attached hydrogens (tertiary/aromatic N) is 2. The van der Waals surface area contributed by atoms with Crippen LogP contribution in [0.1, 0.15) is 62.2 Å². The molecule has 2 aliphatic rings. The van der Waals surface area contributed by atoms with Crippen LogP contribution < -0.4 is 5.73 Å². The van der Waals surface area contributed by atoms with E-state index in [2.05, 4.69) is 10.3 Å². The lowest BCUT2D eigenvalue weighted by Crippen LogP contribution is -2.46. The number of piperidine rings is 1. The number of thiazole rings is 1. The van der Waals surface area contributed by atoms with Crippen molar-refractivity contribution in [1.82, 2.24) is 9.88 Å². The van der Waals surface area contributed by atoms with E-state index >= 15 is 0 Å². The Hall–Kier alpha value is -0.450. The number of likely N-dealkylation sites (tertiary alicyclic amines) is 1. The minimum atomic E-state index is 0.0718. The lowest BCUT2D eigenvalue weighted by Gasteiger charge is -2.44. The van der Waals surface area contributed by atoms with E-state index in [1.165, 1.54) is 50.8 Å². The van der Waals surface area contributed by atoms with Gasteiger partial charge in [-0.3, -0.25) is 4.90 Å². The van der Waals surface area contributed by atoms with Gasteiger partial charge in [0.15, 0.2) is 0 Å². The van der Waals surface area contributed by atoms with E-state index < -0.39 is 0 Å². The fourth-order valence-electron chi connectivity index (χ4n) is 3.74. The zero-order valence-corrected chi connectivity index (χ0v) is 12.7. The van der Waals surface area contributed by atoms with Gasteiger partial charge < -0.3 is 5.73 Å².